The fourth-order valence-corrected chi connectivity index (χ4v) is 2.45. The molecule has 4 heteroatoms. The molecule has 1 fully saturated rings. The summed E-state index contributed by atoms with van der Waals surface area (Å²) in [5, 5.41) is 0. The molecule has 1 saturated carbocycles. The van der Waals surface area contributed by atoms with E-state index in [1.807, 2.05) is 20.0 Å². The Kier molecular flexibility index (Phi) is 3.22. The average Bonchev–Trinajstić information content (AvgIpc) is 2.97. The number of aromatic nitrogens is 2. The molecule has 0 amide bonds. The van der Waals surface area contributed by atoms with Crippen LogP contribution in [0.5, 0.6) is 0 Å². The topological polar surface area (TPSA) is 55.0 Å². The molecule has 17 heavy (non-hydrogen) atoms. The van der Waals surface area contributed by atoms with Crippen LogP contribution in [0.25, 0.3) is 0 Å². The van der Waals surface area contributed by atoms with Crippen LogP contribution in [0.4, 0.5) is 0 Å². The lowest BCUT2D eigenvalue weighted by atomic mass is 9.93. The number of nitrogens with one attached hydrogen (secondary N) is 1. The van der Waals surface area contributed by atoms with Gasteiger partial charge in [-0.2, -0.15) is 0 Å². The van der Waals surface area contributed by atoms with E-state index in [-0.39, 0.29) is 5.97 Å². The standard InChI is InChI=1S/C13H20N2O2/c1-13(2,12(16)17-3)11-14-8-10(15-11)9-6-4-5-7-9/h8-9H,4-7H2,1-3H3,(H,14,15). The van der Waals surface area contributed by atoms with Gasteiger partial charge < -0.3 is 9.72 Å². The Morgan fingerprint density at radius 3 is 2.71 bits per heavy atom. The van der Waals surface area contributed by atoms with Gasteiger partial charge in [-0.05, 0) is 26.7 Å². The number of aromatic amines is 1. The van der Waals surface area contributed by atoms with Gasteiger partial charge in [-0.15, -0.1) is 0 Å². The summed E-state index contributed by atoms with van der Waals surface area (Å²) in [5.74, 6) is 1.03. The van der Waals surface area contributed by atoms with Gasteiger partial charge in [-0.1, -0.05) is 12.8 Å². The number of carbonyl (C=O) groups is 1. The van der Waals surface area contributed by atoms with Crippen LogP contribution in [0.3, 0.4) is 0 Å². The van der Waals surface area contributed by atoms with E-state index in [9.17, 15) is 4.79 Å². The van der Waals surface area contributed by atoms with Crippen LogP contribution in [-0.2, 0) is 14.9 Å². The van der Waals surface area contributed by atoms with Crippen LogP contribution in [0.15, 0.2) is 6.20 Å². The minimum Gasteiger partial charge on any atom is -0.468 e. The highest BCUT2D eigenvalue weighted by molar-refractivity contribution is 5.80. The lowest BCUT2D eigenvalue weighted by molar-refractivity contribution is -0.146. The van der Waals surface area contributed by atoms with Crippen LogP contribution in [0.1, 0.15) is 57.0 Å². The number of hydrogen-bond acceptors (Lipinski definition) is 3. The number of H-pyrrole nitrogens is 1. The third kappa shape index (κ3) is 2.21. The molecule has 1 aromatic heterocycles. The Morgan fingerprint density at radius 2 is 2.12 bits per heavy atom. The number of imidazole rings is 1. The molecule has 1 aliphatic carbocycles. The summed E-state index contributed by atoms with van der Waals surface area (Å²) in [6.45, 7) is 3.66. The van der Waals surface area contributed by atoms with Crippen molar-refractivity contribution in [3.05, 3.63) is 17.7 Å². The molecule has 0 aliphatic heterocycles. The predicted molar refractivity (Wildman–Crippen MR) is 64.8 cm³/mol. The highest BCUT2D eigenvalue weighted by Gasteiger charge is 2.34. The molecule has 1 aliphatic rings. The summed E-state index contributed by atoms with van der Waals surface area (Å²) >= 11 is 0. The maximum absolute atomic E-state index is 11.7. The summed E-state index contributed by atoms with van der Waals surface area (Å²) in [6, 6.07) is 0. The van der Waals surface area contributed by atoms with E-state index in [4.69, 9.17) is 4.74 Å². The van der Waals surface area contributed by atoms with Crippen molar-refractivity contribution in [2.24, 2.45) is 0 Å². The monoisotopic (exact) mass is 236 g/mol. The fraction of sp³-hybridized carbons (Fsp3) is 0.692. The number of carbonyl (C=O) groups excluding carboxylic acids is 1. The Morgan fingerprint density at radius 1 is 1.47 bits per heavy atom. The fourth-order valence-electron chi connectivity index (χ4n) is 2.45. The predicted octanol–water partition coefficient (Wildman–Crippen LogP) is 2.52. The van der Waals surface area contributed by atoms with Crippen molar-refractivity contribution in [2.45, 2.75) is 50.9 Å². The lowest BCUT2D eigenvalue weighted by Crippen LogP contribution is -2.31. The summed E-state index contributed by atoms with van der Waals surface area (Å²) in [4.78, 5) is 19.3. The second-order valence-corrected chi connectivity index (χ2v) is 5.29. The Bertz CT molecular complexity index is 403. The number of rotatable bonds is 3. The molecule has 0 bridgehead atoms. The van der Waals surface area contributed by atoms with E-state index in [0.717, 1.165) is 5.69 Å². The van der Waals surface area contributed by atoms with Crippen molar-refractivity contribution in [3.8, 4) is 0 Å². The minimum atomic E-state index is -0.703. The van der Waals surface area contributed by atoms with Gasteiger partial charge in [0.2, 0.25) is 0 Å². The van der Waals surface area contributed by atoms with E-state index in [2.05, 4.69) is 9.97 Å². The van der Waals surface area contributed by atoms with E-state index in [0.29, 0.717) is 11.7 Å². The second-order valence-electron chi connectivity index (χ2n) is 5.29. The first kappa shape index (κ1) is 12.1. The molecular formula is C13H20N2O2. The highest BCUT2D eigenvalue weighted by Crippen LogP contribution is 2.34. The van der Waals surface area contributed by atoms with Crippen molar-refractivity contribution in [2.75, 3.05) is 7.11 Å². The third-order valence-corrected chi connectivity index (χ3v) is 3.68. The molecule has 0 spiro atoms. The zero-order valence-electron chi connectivity index (χ0n) is 10.7. The van der Waals surface area contributed by atoms with Crippen LogP contribution >= 0.6 is 0 Å². The molecule has 0 unspecified atom stereocenters. The van der Waals surface area contributed by atoms with E-state index < -0.39 is 5.41 Å². The maximum atomic E-state index is 11.7. The van der Waals surface area contributed by atoms with Gasteiger partial charge in [0.15, 0.2) is 0 Å². The summed E-state index contributed by atoms with van der Waals surface area (Å²) < 4.78 is 4.81. The molecular weight excluding hydrogens is 216 g/mol. The van der Waals surface area contributed by atoms with E-state index in [1.54, 1.807) is 0 Å². The quantitative estimate of drug-likeness (QED) is 0.820. The van der Waals surface area contributed by atoms with Crippen molar-refractivity contribution >= 4 is 5.97 Å². The smallest absolute Gasteiger partial charge is 0.318 e. The van der Waals surface area contributed by atoms with Gasteiger partial charge in [0.1, 0.15) is 11.2 Å². The number of hydrogen-bond donors (Lipinski definition) is 1. The first-order chi connectivity index (χ1) is 8.05. The van der Waals surface area contributed by atoms with E-state index >= 15 is 0 Å². The highest BCUT2D eigenvalue weighted by atomic mass is 16.5. The maximum Gasteiger partial charge on any atom is 0.318 e. The Balaban J connectivity index is 2.19. The lowest BCUT2D eigenvalue weighted by Gasteiger charge is -2.18. The number of methoxy groups -OCH3 is 1. The Labute approximate surface area is 102 Å². The molecule has 0 atom stereocenters. The molecule has 0 radical (unpaired) electrons. The van der Waals surface area contributed by atoms with Gasteiger partial charge in [0.05, 0.1) is 7.11 Å². The first-order valence-electron chi connectivity index (χ1n) is 6.19. The van der Waals surface area contributed by atoms with Crippen molar-refractivity contribution < 1.29 is 9.53 Å². The van der Waals surface area contributed by atoms with Crippen LogP contribution < -0.4 is 0 Å². The molecule has 0 aromatic carbocycles. The van der Waals surface area contributed by atoms with Crippen LogP contribution in [-0.4, -0.2) is 23.0 Å². The zero-order chi connectivity index (χ0) is 12.5. The summed E-state index contributed by atoms with van der Waals surface area (Å²) in [5.41, 5.74) is 0.459. The Hall–Kier alpha value is -1.32. The van der Waals surface area contributed by atoms with Gasteiger partial charge in [-0.25, -0.2) is 4.98 Å². The molecule has 1 aromatic rings. The zero-order valence-corrected chi connectivity index (χ0v) is 10.7. The van der Waals surface area contributed by atoms with Crippen molar-refractivity contribution in [1.82, 2.24) is 9.97 Å². The van der Waals surface area contributed by atoms with E-state index in [1.165, 1.54) is 32.8 Å². The molecule has 1 N–H and O–H groups in total. The first-order valence-corrected chi connectivity index (χ1v) is 6.19. The number of ether oxygens (including phenoxy) is 1. The normalized spacial score (nSPS) is 17.4. The van der Waals surface area contributed by atoms with Gasteiger partial charge >= 0.3 is 5.97 Å². The summed E-state index contributed by atoms with van der Waals surface area (Å²) in [6.07, 6.45) is 6.90. The van der Waals surface area contributed by atoms with Gasteiger partial charge in [-0.3, -0.25) is 4.79 Å². The van der Waals surface area contributed by atoms with Crippen molar-refractivity contribution in [1.29, 1.82) is 0 Å². The molecule has 0 saturated heterocycles. The second kappa shape index (κ2) is 4.51. The van der Waals surface area contributed by atoms with Gasteiger partial charge in [0.25, 0.3) is 0 Å². The molecule has 4 nitrogen and oxygen atoms in total. The molecule has 1 heterocycles. The molecule has 2 rings (SSSR count). The average molecular weight is 236 g/mol. The number of esters is 1. The van der Waals surface area contributed by atoms with Gasteiger partial charge in [0, 0.05) is 17.8 Å². The summed E-state index contributed by atoms with van der Waals surface area (Å²) in [7, 11) is 1.41. The number of nitrogens with zero attached hydrogens (tertiary/aromatic N) is 1. The van der Waals surface area contributed by atoms with Crippen LogP contribution in [0, 0.1) is 0 Å². The molecule has 94 valence electrons. The van der Waals surface area contributed by atoms with Crippen LogP contribution in [0.2, 0.25) is 0 Å². The largest absolute Gasteiger partial charge is 0.468 e. The van der Waals surface area contributed by atoms with Crippen molar-refractivity contribution in [3.63, 3.8) is 0 Å². The third-order valence-electron chi connectivity index (χ3n) is 3.68. The SMILES string of the molecule is COC(=O)C(C)(C)c1ncc(C2CCCC2)[nH]1. The minimum absolute atomic E-state index is 0.259.